The van der Waals surface area contributed by atoms with Gasteiger partial charge in [0.1, 0.15) is 0 Å². The van der Waals surface area contributed by atoms with Gasteiger partial charge in [0.05, 0.1) is 24.7 Å². The van der Waals surface area contributed by atoms with E-state index in [0.29, 0.717) is 0 Å². The second kappa shape index (κ2) is 2.63. The standard InChI is InChI=1S/C4H8BOS/c5-7-3-1-6-2-4-7/h1-4H2. The van der Waals surface area contributed by atoms with E-state index in [2.05, 4.69) is 0 Å². The van der Waals surface area contributed by atoms with Gasteiger partial charge < -0.3 is 15.5 Å². The first kappa shape index (κ1) is 5.51. The molecule has 1 nitrogen and oxygen atoms in total. The minimum atomic E-state index is 0.185. The molecule has 1 saturated heterocycles. The minimum Gasteiger partial charge on any atom is -0.372 e. The highest BCUT2D eigenvalue weighted by Crippen LogP contribution is 1.96. The van der Waals surface area contributed by atoms with Gasteiger partial charge in [-0.25, -0.2) is 7.12 Å². The van der Waals surface area contributed by atoms with E-state index in [-0.39, 0.29) is 10.7 Å². The molecule has 1 rings (SSSR count). The fraction of sp³-hybridized carbons (Fsp3) is 1.00. The Bertz CT molecular complexity index is 53.7. The molecule has 0 spiro atoms. The normalized spacial score (nSPS) is 25.3. The molecule has 1 fully saturated rings. The third-order valence-corrected chi connectivity index (χ3v) is 2.36. The highest BCUT2D eigenvalue weighted by molar-refractivity contribution is 8.16. The van der Waals surface area contributed by atoms with Gasteiger partial charge in [-0.2, -0.15) is 0 Å². The predicted molar refractivity (Wildman–Crippen MR) is 33.7 cm³/mol. The lowest BCUT2D eigenvalue weighted by molar-refractivity contribution is 0.160. The Labute approximate surface area is 48.1 Å². The average molecular weight is 115 g/mol. The maximum Gasteiger partial charge on any atom is 0.0868 e. The Morgan fingerprint density at radius 1 is 1.29 bits per heavy atom. The van der Waals surface area contributed by atoms with Crippen molar-refractivity contribution in [3.63, 3.8) is 0 Å². The van der Waals surface area contributed by atoms with Gasteiger partial charge in [0.25, 0.3) is 0 Å². The summed E-state index contributed by atoms with van der Waals surface area (Å²) < 4.78 is 5.07. The van der Waals surface area contributed by atoms with Crippen molar-refractivity contribution in [2.45, 2.75) is 0 Å². The molecule has 0 bridgehead atoms. The molecule has 3 heteroatoms. The molecule has 0 atom stereocenters. The van der Waals surface area contributed by atoms with Gasteiger partial charge in [-0.05, 0) is 0 Å². The van der Waals surface area contributed by atoms with E-state index in [4.69, 9.17) is 11.9 Å². The zero-order valence-electron chi connectivity index (χ0n) is 4.22. The Kier molecular flexibility index (Phi) is 2.07. The van der Waals surface area contributed by atoms with Crippen molar-refractivity contribution in [1.29, 1.82) is 0 Å². The van der Waals surface area contributed by atoms with Crippen molar-refractivity contribution in [3.8, 4) is 0 Å². The second-order valence-corrected chi connectivity index (χ2v) is 3.45. The average Bonchev–Trinajstić information content (AvgIpc) is 1.69. The van der Waals surface area contributed by atoms with Crippen LogP contribution in [-0.4, -0.2) is 31.8 Å². The van der Waals surface area contributed by atoms with E-state index < -0.39 is 0 Å². The topological polar surface area (TPSA) is 9.23 Å². The zero-order valence-corrected chi connectivity index (χ0v) is 5.04. The van der Waals surface area contributed by atoms with Crippen molar-refractivity contribution in [3.05, 3.63) is 0 Å². The smallest absolute Gasteiger partial charge is 0.0868 e. The first-order valence-corrected chi connectivity index (χ1v) is 4.02. The molecule has 0 unspecified atom stereocenters. The van der Waals surface area contributed by atoms with Gasteiger partial charge in [0.2, 0.25) is 0 Å². The summed E-state index contributed by atoms with van der Waals surface area (Å²) >= 11 is 0. The van der Waals surface area contributed by atoms with Crippen LogP contribution in [0.1, 0.15) is 0 Å². The van der Waals surface area contributed by atoms with Crippen LogP contribution in [0.25, 0.3) is 0 Å². The van der Waals surface area contributed by atoms with Crippen molar-refractivity contribution in [2.24, 2.45) is 0 Å². The van der Waals surface area contributed by atoms with Crippen LogP contribution in [0.3, 0.4) is 0 Å². The maximum atomic E-state index is 5.58. The summed E-state index contributed by atoms with van der Waals surface area (Å²) in [6.45, 7) is 1.75. The van der Waals surface area contributed by atoms with Crippen molar-refractivity contribution >= 4 is 17.9 Å². The quantitative estimate of drug-likeness (QED) is 0.311. The van der Waals surface area contributed by atoms with E-state index >= 15 is 0 Å². The summed E-state index contributed by atoms with van der Waals surface area (Å²) in [6, 6.07) is 0. The van der Waals surface area contributed by atoms with Gasteiger partial charge in [0.15, 0.2) is 0 Å². The lowest BCUT2D eigenvalue weighted by atomic mass is 10.7. The Hall–Kier alpha value is 0.375. The summed E-state index contributed by atoms with van der Waals surface area (Å²) in [5.41, 5.74) is 0. The Balaban J connectivity index is 2.12. The number of hydrogen-bond acceptors (Lipinski definition) is 1. The molecule has 39 valence electrons. The van der Waals surface area contributed by atoms with Gasteiger partial charge >= 0.3 is 0 Å². The predicted octanol–water partition coefficient (Wildman–Crippen LogP) is -0.282. The summed E-state index contributed by atoms with van der Waals surface area (Å²) in [5, 5.41) is 0. The van der Waals surface area contributed by atoms with E-state index in [0.717, 1.165) is 24.7 Å². The monoisotopic (exact) mass is 115 g/mol. The van der Waals surface area contributed by atoms with E-state index in [1.54, 1.807) is 0 Å². The second-order valence-electron chi connectivity index (χ2n) is 1.56. The van der Waals surface area contributed by atoms with Crippen LogP contribution in [0.5, 0.6) is 0 Å². The molecule has 1 aliphatic heterocycles. The fourth-order valence-corrected chi connectivity index (χ4v) is 1.40. The SMILES string of the molecule is [B-][S+]1CCOCC1. The largest absolute Gasteiger partial charge is 0.372 e. The third kappa shape index (κ3) is 1.74. The van der Waals surface area contributed by atoms with Crippen LogP contribution in [0.15, 0.2) is 0 Å². The molecule has 0 aromatic heterocycles. The van der Waals surface area contributed by atoms with E-state index in [1.165, 1.54) is 0 Å². The highest BCUT2D eigenvalue weighted by Gasteiger charge is 2.03. The lowest BCUT2D eigenvalue weighted by Crippen LogP contribution is -2.25. The molecule has 0 N–H and O–H groups in total. The van der Waals surface area contributed by atoms with Gasteiger partial charge in [-0.15, -0.1) is 0 Å². The van der Waals surface area contributed by atoms with E-state index in [1.807, 2.05) is 0 Å². The van der Waals surface area contributed by atoms with Crippen molar-refractivity contribution in [2.75, 3.05) is 24.7 Å². The van der Waals surface area contributed by atoms with Crippen LogP contribution in [0.2, 0.25) is 0 Å². The lowest BCUT2D eigenvalue weighted by Gasteiger charge is -2.20. The third-order valence-electron chi connectivity index (χ3n) is 0.980. The summed E-state index contributed by atoms with van der Waals surface area (Å²) in [7, 11) is 5.77. The van der Waals surface area contributed by atoms with Crippen LogP contribution >= 0.6 is 0 Å². The van der Waals surface area contributed by atoms with Crippen LogP contribution < -0.4 is 0 Å². The zero-order chi connectivity index (χ0) is 5.11. The molecular weight excluding hydrogens is 107 g/mol. The first-order chi connectivity index (χ1) is 3.39. The molecule has 3 radical (unpaired) electrons. The molecule has 0 aromatic carbocycles. The Morgan fingerprint density at radius 3 is 2.14 bits per heavy atom. The van der Waals surface area contributed by atoms with Crippen LogP contribution in [0, 0.1) is 0 Å². The molecule has 1 aliphatic rings. The molecular formula is C4H8BOS. The summed E-state index contributed by atoms with van der Waals surface area (Å²) in [4.78, 5) is 0. The summed E-state index contributed by atoms with van der Waals surface area (Å²) in [5.74, 6) is 2.14. The van der Waals surface area contributed by atoms with Crippen molar-refractivity contribution < 1.29 is 4.74 Å². The number of rotatable bonds is 0. The molecule has 0 saturated carbocycles. The molecule has 0 aliphatic carbocycles. The fourth-order valence-electron chi connectivity index (χ4n) is 0.536. The van der Waals surface area contributed by atoms with Gasteiger partial charge in [-0.1, -0.05) is 0 Å². The van der Waals surface area contributed by atoms with Crippen LogP contribution in [-0.2, 0) is 15.5 Å². The molecule has 0 aromatic rings. The van der Waals surface area contributed by atoms with Gasteiger partial charge in [0, 0.05) is 0 Å². The maximum absolute atomic E-state index is 5.58. The van der Waals surface area contributed by atoms with Gasteiger partial charge in [-0.3, -0.25) is 0 Å². The number of ether oxygens (including phenoxy) is 1. The number of hydrogen-bond donors (Lipinski definition) is 0. The van der Waals surface area contributed by atoms with Crippen LogP contribution in [0.4, 0.5) is 0 Å². The molecule has 1 heterocycles. The molecule has 7 heavy (non-hydrogen) atoms. The first-order valence-electron chi connectivity index (χ1n) is 2.39. The summed E-state index contributed by atoms with van der Waals surface area (Å²) in [6.07, 6.45) is 0. The highest BCUT2D eigenvalue weighted by atomic mass is 32.2. The molecule has 0 amide bonds. The van der Waals surface area contributed by atoms with E-state index in [9.17, 15) is 0 Å². The minimum absolute atomic E-state index is 0.185. The Morgan fingerprint density at radius 2 is 1.86 bits per heavy atom. The van der Waals surface area contributed by atoms with Crippen molar-refractivity contribution in [1.82, 2.24) is 0 Å².